The first-order valence-corrected chi connectivity index (χ1v) is 5.90. The lowest BCUT2D eigenvalue weighted by Gasteiger charge is -2.11. The third kappa shape index (κ3) is 4.51. The van der Waals surface area contributed by atoms with Gasteiger partial charge in [0.05, 0.1) is 30.8 Å². The molecule has 10 nitrogen and oxygen atoms in total. The van der Waals surface area contributed by atoms with E-state index in [9.17, 15) is 19.7 Å². The average Bonchev–Trinajstić information content (AvgIpc) is 2.49. The first kappa shape index (κ1) is 17.0. The van der Waals surface area contributed by atoms with Crippen molar-refractivity contribution in [2.45, 2.75) is 6.61 Å². The van der Waals surface area contributed by atoms with Crippen molar-refractivity contribution in [3.8, 4) is 11.5 Å². The standard InChI is InChI=1S/C12H14N2O8/c1-20-9-3-7(6-22-12(17)13-5-11(15)16)8(14(18)19)4-10(9)21-2/h3-4H,5-6H2,1-2H3,(H,13,17)(H,15,16). The summed E-state index contributed by atoms with van der Waals surface area (Å²) in [4.78, 5) is 31.9. The number of carboxylic acid groups (broad SMARTS) is 1. The van der Waals surface area contributed by atoms with Crippen LogP contribution in [0.25, 0.3) is 0 Å². The molecule has 1 aromatic rings. The number of nitrogens with zero attached hydrogens (tertiary/aromatic N) is 1. The summed E-state index contributed by atoms with van der Waals surface area (Å²) < 4.78 is 14.7. The van der Waals surface area contributed by atoms with E-state index in [0.29, 0.717) is 0 Å². The lowest BCUT2D eigenvalue weighted by molar-refractivity contribution is -0.385. The average molecular weight is 314 g/mol. The molecule has 0 saturated heterocycles. The predicted octanol–water partition coefficient (Wildman–Crippen LogP) is 0.923. The Hall–Kier alpha value is -3.04. The van der Waals surface area contributed by atoms with Gasteiger partial charge in [-0.3, -0.25) is 14.9 Å². The fourth-order valence-electron chi connectivity index (χ4n) is 1.54. The molecule has 0 radical (unpaired) electrons. The highest BCUT2D eigenvalue weighted by atomic mass is 16.6. The van der Waals surface area contributed by atoms with E-state index in [1.54, 1.807) is 0 Å². The van der Waals surface area contributed by atoms with Gasteiger partial charge in [-0.2, -0.15) is 0 Å². The number of methoxy groups -OCH3 is 2. The molecule has 0 fully saturated rings. The van der Waals surface area contributed by atoms with Gasteiger partial charge < -0.3 is 24.6 Å². The Labute approximate surface area is 124 Å². The van der Waals surface area contributed by atoms with Crippen molar-refractivity contribution in [1.82, 2.24) is 5.32 Å². The third-order valence-corrected chi connectivity index (χ3v) is 2.52. The summed E-state index contributed by atoms with van der Waals surface area (Å²) in [5.41, 5.74) is -0.239. The van der Waals surface area contributed by atoms with Crippen LogP contribution in [0.15, 0.2) is 12.1 Å². The summed E-state index contributed by atoms with van der Waals surface area (Å²) in [6.45, 7) is -1.05. The summed E-state index contributed by atoms with van der Waals surface area (Å²) >= 11 is 0. The number of alkyl carbamates (subject to hydrolysis) is 1. The molecule has 1 amide bonds. The zero-order valence-corrected chi connectivity index (χ0v) is 11.8. The normalized spacial score (nSPS) is 9.73. The second kappa shape index (κ2) is 7.67. The van der Waals surface area contributed by atoms with E-state index in [1.165, 1.54) is 20.3 Å². The van der Waals surface area contributed by atoms with Crippen molar-refractivity contribution >= 4 is 17.7 Å². The van der Waals surface area contributed by atoms with Crippen LogP contribution in [-0.4, -0.2) is 42.9 Å². The molecule has 10 heteroatoms. The predicted molar refractivity (Wildman–Crippen MR) is 72.0 cm³/mol. The second-order valence-corrected chi connectivity index (χ2v) is 3.92. The number of benzene rings is 1. The van der Waals surface area contributed by atoms with Crippen molar-refractivity contribution in [2.24, 2.45) is 0 Å². The van der Waals surface area contributed by atoms with Crippen LogP contribution in [-0.2, 0) is 16.1 Å². The molecule has 0 saturated carbocycles. The maximum Gasteiger partial charge on any atom is 0.407 e. The molecule has 0 aliphatic heterocycles. The van der Waals surface area contributed by atoms with Gasteiger partial charge in [0, 0.05) is 0 Å². The SMILES string of the molecule is COc1cc(COC(=O)NCC(=O)O)c([N+](=O)[O-])cc1OC. The summed E-state index contributed by atoms with van der Waals surface area (Å²) in [6.07, 6.45) is -1.01. The fourth-order valence-corrected chi connectivity index (χ4v) is 1.54. The number of hydrogen-bond acceptors (Lipinski definition) is 7. The van der Waals surface area contributed by atoms with Crippen molar-refractivity contribution in [1.29, 1.82) is 0 Å². The Bertz CT molecular complexity index is 587. The van der Waals surface area contributed by atoms with E-state index in [2.05, 4.69) is 0 Å². The van der Waals surface area contributed by atoms with Gasteiger partial charge >= 0.3 is 12.1 Å². The fraction of sp³-hybridized carbons (Fsp3) is 0.333. The van der Waals surface area contributed by atoms with Crippen LogP contribution in [0, 0.1) is 10.1 Å². The van der Waals surface area contributed by atoms with E-state index in [1.807, 2.05) is 5.32 Å². The van der Waals surface area contributed by atoms with Crippen molar-refractivity contribution in [2.75, 3.05) is 20.8 Å². The number of ether oxygens (including phenoxy) is 3. The van der Waals surface area contributed by atoms with Crippen molar-refractivity contribution < 1.29 is 33.8 Å². The summed E-state index contributed by atoms with van der Waals surface area (Å²) in [5.74, 6) is -0.847. The maximum absolute atomic E-state index is 11.3. The van der Waals surface area contributed by atoms with Gasteiger partial charge in [-0.1, -0.05) is 0 Å². The number of amides is 1. The number of hydrogen-bond donors (Lipinski definition) is 2. The van der Waals surface area contributed by atoms with Gasteiger partial charge in [-0.25, -0.2) is 4.79 Å². The van der Waals surface area contributed by atoms with E-state index >= 15 is 0 Å². The molecule has 0 heterocycles. The van der Waals surface area contributed by atoms with E-state index in [0.717, 1.165) is 6.07 Å². The van der Waals surface area contributed by atoms with Gasteiger partial charge in [-0.15, -0.1) is 0 Å². The van der Waals surface area contributed by atoms with Gasteiger partial charge in [0.1, 0.15) is 13.2 Å². The highest BCUT2D eigenvalue weighted by Crippen LogP contribution is 2.34. The molecule has 1 rings (SSSR count). The maximum atomic E-state index is 11.3. The summed E-state index contributed by atoms with van der Waals surface area (Å²) in [7, 11) is 2.69. The molecular formula is C12H14N2O8. The lowest BCUT2D eigenvalue weighted by atomic mass is 10.1. The number of aliphatic carboxylic acids is 1. The third-order valence-electron chi connectivity index (χ3n) is 2.52. The van der Waals surface area contributed by atoms with Crippen molar-refractivity contribution in [3.63, 3.8) is 0 Å². The van der Waals surface area contributed by atoms with Crippen molar-refractivity contribution in [3.05, 3.63) is 27.8 Å². The Morgan fingerprint density at radius 2 is 1.86 bits per heavy atom. The van der Waals surface area contributed by atoms with Crippen LogP contribution < -0.4 is 14.8 Å². The molecule has 0 aromatic heterocycles. The first-order chi connectivity index (χ1) is 10.4. The quantitative estimate of drug-likeness (QED) is 0.560. The summed E-state index contributed by atoms with van der Waals surface area (Å²) in [5, 5.41) is 21.4. The summed E-state index contributed by atoms with van der Waals surface area (Å²) in [6, 6.07) is 2.45. The van der Waals surface area contributed by atoms with Crippen LogP contribution in [0.1, 0.15) is 5.56 Å². The number of nitrogens with one attached hydrogen (secondary N) is 1. The largest absolute Gasteiger partial charge is 0.493 e. The second-order valence-electron chi connectivity index (χ2n) is 3.92. The molecule has 0 unspecified atom stereocenters. The van der Waals surface area contributed by atoms with Gasteiger partial charge in [0.15, 0.2) is 11.5 Å². The van der Waals surface area contributed by atoms with Crippen LogP contribution >= 0.6 is 0 Å². The topological polar surface area (TPSA) is 137 Å². The lowest BCUT2D eigenvalue weighted by Crippen LogP contribution is -2.29. The molecule has 120 valence electrons. The van der Waals surface area contributed by atoms with Crippen LogP contribution in [0.3, 0.4) is 0 Å². The molecule has 0 atom stereocenters. The molecular weight excluding hydrogens is 300 g/mol. The number of carbonyl (C=O) groups excluding carboxylic acids is 1. The number of nitro groups is 1. The molecule has 0 aliphatic rings. The van der Waals surface area contributed by atoms with E-state index < -0.39 is 30.1 Å². The minimum atomic E-state index is -1.24. The van der Waals surface area contributed by atoms with E-state index in [-0.39, 0.29) is 22.7 Å². The zero-order chi connectivity index (χ0) is 16.7. The smallest absolute Gasteiger partial charge is 0.407 e. The number of nitro benzene ring substituents is 1. The highest BCUT2D eigenvalue weighted by Gasteiger charge is 2.20. The van der Waals surface area contributed by atoms with Crippen LogP contribution in [0.4, 0.5) is 10.5 Å². The number of rotatable bonds is 7. The van der Waals surface area contributed by atoms with Crippen LogP contribution in [0.5, 0.6) is 11.5 Å². The molecule has 0 aliphatic carbocycles. The Balaban J connectivity index is 2.90. The minimum absolute atomic E-state index is 0.0770. The molecule has 1 aromatic carbocycles. The Morgan fingerprint density at radius 3 is 2.36 bits per heavy atom. The first-order valence-electron chi connectivity index (χ1n) is 5.90. The number of carbonyl (C=O) groups is 2. The molecule has 2 N–H and O–H groups in total. The number of carboxylic acids is 1. The zero-order valence-electron chi connectivity index (χ0n) is 11.8. The minimum Gasteiger partial charge on any atom is -0.493 e. The molecule has 0 spiro atoms. The molecule has 22 heavy (non-hydrogen) atoms. The Morgan fingerprint density at radius 1 is 1.27 bits per heavy atom. The monoisotopic (exact) mass is 314 g/mol. The van der Waals surface area contributed by atoms with Gasteiger partial charge in [-0.05, 0) is 6.07 Å². The van der Waals surface area contributed by atoms with Gasteiger partial charge in [0.25, 0.3) is 5.69 Å². The van der Waals surface area contributed by atoms with E-state index in [4.69, 9.17) is 19.3 Å². The van der Waals surface area contributed by atoms with Gasteiger partial charge in [0.2, 0.25) is 0 Å². The molecule has 0 bridgehead atoms. The van der Waals surface area contributed by atoms with Crippen LogP contribution in [0.2, 0.25) is 0 Å². The highest BCUT2D eigenvalue weighted by molar-refractivity contribution is 5.76. The Kier molecular flexibility index (Phi) is 5.93.